The summed E-state index contributed by atoms with van der Waals surface area (Å²) in [6.07, 6.45) is 1.31. The van der Waals surface area contributed by atoms with Gasteiger partial charge in [-0.15, -0.1) is 10.2 Å². The van der Waals surface area contributed by atoms with Crippen LogP contribution in [0.3, 0.4) is 0 Å². The number of halogens is 1. The molecule has 0 radical (unpaired) electrons. The van der Waals surface area contributed by atoms with Gasteiger partial charge in [0.2, 0.25) is 11.8 Å². The number of rotatable bonds is 5. The standard InChI is InChI=1S/C17H20ClN3O3/c1-11(2)21(17(22)14-8-5-9-23-14)10-15-19-20-16(24-15)12-6-3-4-7-13(12)18/h3-4,6-7,11,14H,5,8-10H2,1-2H3. The normalized spacial score (nSPS) is 17.4. The van der Waals surface area contributed by atoms with Crippen molar-refractivity contribution in [3.05, 3.63) is 35.2 Å². The van der Waals surface area contributed by atoms with Crippen molar-refractivity contribution in [1.29, 1.82) is 0 Å². The average Bonchev–Trinajstić information content (AvgIpc) is 3.24. The zero-order chi connectivity index (χ0) is 17.1. The summed E-state index contributed by atoms with van der Waals surface area (Å²) in [4.78, 5) is 14.3. The van der Waals surface area contributed by atoms with E-state index in [1.165, 1.54) is 0 Å². The molecule has 2 heterocycles. The van der Waals surface area contributed by atoms with Crippen LogP contribution in [0.2, 0.25) is 5.02 Å². The zero-order valence-electron chi connectivity index (χ0n) is 13.7. The Morgan fingerprint density at radius 3 is 2.83 bits per heavy atom. The Balaban J connectivity index is 1.76. The summed E-state index contributed by atoms with van der Waals surface area (Å²) in [7, 11) is 0. The van der Waals surface area contributed by atoms with Crippen LogP contribution >= 0.6 is 11.6 Å². The number of hydrogen-bond donors (Lipinski definition) is 0. The maximum Gasteiger partial charge on any atom is 0.252 e. The molecule has 3 rings (SSSR count). The summed E-state index contributed by atoms with van der Waals surface area (Å²) in [6, 6.07) is 7.29. The van der Waals surface area contributed by atoms with Crippen LogP contribution in [0.15, 0.2) is 28.7 Å². The van der Waals surface area contributed by atoms with Gasteiger partial charge in [-0.25, -0.2) is 0 Å². The second-order valence-corrected chi connectivity index (χ2v) is 6.45. The predicted octanol–water partition coefficient (Wildman–Crippen LogP) is 3.31. The van der Waals surface area contributed by atoms with Crippen molar-refractivity contribution >= 4 is 17.5 Å². The van der Waals surface area contributed by atoms with Gasteiger partial charge < -0.3 is 14.1 Å². The SMILES string of the molecule is CC(C)N(Cc1nnc(-c2ccccc2Cl)o1)C(=O)C1CCCO1. The summed E-state index contributed by atoms with van der Waals surface area (Å²) in [5, 5.41) is 8.65. The fourth-order valence-electron chi connectivity index (χ4n) is 2.68. The average molecular weight is 350 g/mol. The Kier molecular flexibility index (Phi) is 5.16. The van der Waals surface area contributed by atoms with Gasteiger partial charge in [-0.2, -0.15) is 0 Å². The fraction of sp³-hybridized carbons (Fsp3) is 0.471. The molecule has 1 unspecified atom stereocenters. The molecular weight excluding hydrogens is 330 g/mol. The second-order valence-electron chi connectivity index (χ2n) is 6.04. The molecule has 1 aromatic carbocycles. The lowest BCUT2D eigenvalue weighted by atomic mass is 10.2. The molecule has 0 aliphatic carbocycles. The minimum Gasteiger partial charge on any atom is -0.419 e. The molecule has 128 valence electrons. The minimum absolute atomic E-state index is 0.0114. The molecule has 0 saturated carbocycles. The highest BCUT2D eigenvalue weighted by Gasteiger charge is 2.30. The van der Waals surface area contributed by atoms with Gasteiger partial charge in [0, 0.05) is 12.6 Å². The van der Waals surface area contributed by atoms with Gasteiger partial charge in [0.05, 0.1) is 17.1 Å². The Labute approximate surface area is 145 Å². The van der Waals surface area contributed by atoms with Gasteiger partial charge in [-0.1, -0.05) is 23.7 Å². The summed E-state index contributed by atoms with van der Waals surface area (Å²) in [5.41, 5.74) is 0.680. The molecule has 1 fully saturated rings. The molecule has 2 aromatic rings. The number of nitrogens with zero attached hydrogens (tertiary/aromatic N) is 3. The lowest BCUT2D eigenvalue weighted by molar-refractivity contribution is -0.143. The summed E-state index contributed by atoms with van der Waals surface area (Å²) < 4.78 is 11.2. The highest BCUT2D eigenvalue weighted by Crippen LogP contribution is 2.27. The van der Waals surface area contributed by atoms with Crippen LogP contribution < -0.4 is 0 Å². The predicted molar refractivity (Wildman–Crippen MR) is 89.4 cm³/mol. The topological polar surface area (TPSA) is 68.5 Å². The summed E-state index contributed by atoms with van der Waals surface area (Å²) in [6.45, 7) is 4.81. The molecule has 1 amide bonds. The lowest BCUT2D eigenvalue weighted by Gasteiger charge is -2.27. The van der Waals surface area contributed by atoms with E-state index in [0.29, 0.717) is 29.0 Å². The second kappa shape index (κ2) is 7.32. The Bertz CT molecular complexity index is 711. The molecule has 1 aliphatic heterocycles. The van der Waals surface area contributed by atoms with Crippen LogP contribution in [0.25, 0.3) is 11.5 Å². The van der Waals surface area contributed by atoms with Crippen molar-refractivity contribution in [2.24, 2.45) is 0 Å². The van der Waals surface area contributed by atoms with Crippen LogP contribution in [0.5, 0.6) is 0 Å². The maximum absolute atomic E-state index is 12.6. The van der Waals surface area contributed by atoms with Crippen LogP contribution in [-0.4, -0.2) is 39.8 Å². The first-order valence-corrected chi connectivity index (χ1v) is 8.43. The number of carbonyl (C=O) groups is 1. The quantitative estimate of drug-likeness (QED) is 0.828. The highest BCUT2D eigenvalue weighted by molar-refractivity contribution is 6.33. The highest BCUT2D eigenvalue weighted by atomic mass is 35.5. The van der Waals surface area contributed by atoms with E-state index in [2.05, 4.69) is 10.2 Å². The Hall–Kier alpha value is -1.92. The molecule has 24 heavy (non-hydrogen) atoms. The minimum atomic E-state index is -0.363. The first-order valence-electron chi connectivity index (χ1n) is 8.05. The smallest absolute Gasteiger partial charge is 0.252 e. The van der Waals surface area contributed by atoms with Gasteiger partial charge in [0.1, 0.15) is 6.10 Å². The van der Waals surface area contributed by atoms with E-state index in [4.69, 9.17) is 20.8 Å². The van der Waals surface area contributed by atoms with Gasteiger partial charge >= 0.3 is 0 Å². The van der Waals surface area contributed by atoms with E-state index in [9.17, 15) is 4.79 Å². The molecule has 0 bridgehead atoms. The van der Waals surface area contributed by atoms with Gasteiger partial charge in [0.25, 0.3) is 5.91 Å². The molecule has 0 N–H and O–H groups in total. The van der Waals surface area contributed by atoms with Gasteiger partial charge in [0.15, 0.2) is 0 Å². The first kappa shape index (κ1) is 16.9. The molecule has 1 aromatic heterocycles. The molecular formula is C17H20ClN3O3. The van der Waals surface area contributed by atoms with Crippen molar-refractivity contribution in [3.8, 4) is 11.5 Å². The monoisotopic (exact) mass is 349 g/mol. The van der Waals surface area contributed by atoms with E-state index in [-0.39, 0.29) is 24.6 Å². The summed E-state index contributed by atoms with van der Waals surface area (Å²) in [5.74, 6) is 0.703. The Morgan fingerprint density at radius 2 is 2.17 bits per heavy atom. The van der Waals surface area contributed by atoms with Crippen LogP contribution in [0.4, 0.5) is 0 Å². The number of amides is 1. The Morgan fingerprint density at radius 1 is 1.38 bits per heavy atom. The van der Waals surface area contributed by atoms with Crippen molar-refractivity contribution in [2.45, 2.75) is 45.4 Å². The van der Waals surface area contributed by atoms with E-state index in [0.717, 1.165) is 12.8 Å². The van der Waals surface area contributed by atoms with Crippen molar-refractivity contribution in [3.63, 3.8) is 0 Å². The largest absolute Gasteiger partial charge is 0.419 e. The first-order chi connectivity index (χ1) is 11.6. The van der Waals surface area contributed by atoms with Crippen molar-refractivity contribution in [2.75, 3.05) is 6.61 Å². The third kappa shape index (κ3) is 3.60. The maximum atomic E-state index is 12.6. The summed E-state index contributed by atoms with van der Waals surface area (Å²) >= 11 is 6.15. The number of hydrogen-bond acceptors (Lipinski definition) is 5. The van der Waals surface area contributed by atoms with Gasteiger partial charge in [-0.3, -0.25) is 4.79 Å². The number of aromatic nitrogens is 2. The van der Waals surface area contributed by atoms with Crippen molar-refractivity contribution in [1.82, 2.24) is 15.1 Å². The fourth-order valence-corrected chi connectivity index (χ4v) is 2.90. The zero-order valence-corrected chi connectivity index (χ0v) is 14.5. The molecule has 1 aliphatic rings. The van der Waals surface area contributed by atoms with E-state index in [1.54, 1.807) is 11.0 Å². The lowest BCUT2D eigenvalue weighted by Crippen LogP contribution is -2.42. The molecule has 7 heteroatoms. The third-order valence-electron chi connectivity index (χ3n) is 3.99. The molecule has 6 nitrogen and oxygen atoms in total. The van der Waals surface area contributed by atoms with E-state index >= 15 is 0 Å². The number of benzene rings is 1. The third-order valence-corrected chi connectivity index (χ3v) is 4.32. The number of carbonyl (C=O) groups excluding carboxylic acids is 1. The molecule has 1 saturated heterocycles. The van der Waals surface area contributed by atoms with E-state index < -0.39 is 0 Å². The van der Waals surface area contributed by atoms with Gasteiger partial charge in [-0.05, 0) is 38.8 Å². The van der Waals surface area contributed by atoms with E-state index in [1.807, 2.05) is 32.0 Å². The van der Waals surface area contributed by atoms with Crippen LogP contribution in [-0.2, 0) is 16.1 Å². The van der Waals surface area contributed by atoms with Crippen LogP contribution in [0, 0.1) is 0 Å². The van der Waals surface area contributed by atoms with Crippen molar-refractivity contribution < 1.29 is 13.9 Å². The molecule has 1 atom stereocenters. The number of ether oxygens (including phenoxy) is 1. The molecule has 0 spiro atoms. The van der Waals surface area contributed by atoms with Crippen LogP contribution in [0.1, 0.15) is 32.6 Å².